The molecule has 1 heterocycles. The van der Waals surface area contributed by atoms with Gasteiger partial charge in [-0.2, -0.15) is 0 Å². The van der Waals surface area contributed by atoms with Gasteiger partial charge in [-0.05, 0) is 13.0 Å². The van der Waals surface area contributed by atoms with Crippen LogP contribution in [0.5, 0.6) is 5.88 Å². The van der Waals surface area contributed by atoms with Crippen molar-refractivity contribution in [3.05, 3.63) is 17.8 Å². The maximum Gasteiger partial charge on any atom is 0.574 e. The van der Waals surface area contributed by atoms with E-state index in [1.165, 1.54) is 0 Å². The van der Waals surface area contributed by atoms with E-state index in [-0.39, 0.29) is 12.2 Å². The molecule has 0 amide bonds. The van der Waals surface area contributed by atoms with E-state index in [0.717, 1.165) is 12.3 Å². The molecule has 0 saturated carbocycles. The Morgan fingerprint density at radius 1 is 1.53 bits per heavy atom. The van der Waals surface area contributed by atoms with Crippen molar-refractivity contribution in [2.24, 2.45) is 0 Å². The highest BCUT2D eigenvalue weighted by Crippen LogP contribution is 2.28. The summed E-state index contributed by atoms with van der Waals surface area (Å²) in [6.07, 6.45) is -3.95. The molecule has 0 aromatic carbocycles. The highest BCUT2D eigenvalue weighted by Gasteiger charge is 2.33. The molecular formula is C9H9F3N2O3. The molecule has 0 atom stereocenters. The molecule has 8 heteroatoms. The second-order valence-electron chi connectivity index (χ2n) is 2.85. The number of pyridine rings is 1. The van der Waals surface area contributed by atoms with Crippen LogP contribution in [0.4, 0.5) is 18.9 Å². The van der Waals surface area contributed by atoms with Gasteiger partial charge in [-0.1, -0.05) is 0 Å². The van der Waals surface area contributed by atoms with Crippen LogP contribution in [-0.2, 0) is 4.74 Å². The average Bonchev–Trinajstić information content (AvgIpc) is 2.19. The SMILES string of the molecule is CCOC(=O)c1ccnc(OC(F)(F)F)c1N. The van der Waals surface area contributed by atoms with E-state index in [2.05, 4.69) is 14.5 Å². The zero-order chi connectivity index (χ0) is 13.1. The zero-order valence-corrected chi connectivity index (χ0v) is 8.75. The summed E-state index contributed by atoms with van der Waals surface area (Å²) in [5, 5.41) is 0. The first-order valence-corrected chi connectivity index (χ1v) is 4.52. The summed E-state index contributed by atoms with van der Waals surface area (Å²) in [5.74, 6) is -1.71. The molecular weight excluding hydrogens is 241 g/mol. The second-order valence-corrected chi connectivity index (χ2v) is 2.85. The fourth-order valence-electron chi connectivity index (χ4n) is 1.03. The van der Waals surface area contributed by atoms with Gasteiger partial charge < -0.3 is 15.2 Å². The van der Waals surface area contributed by atoms with Crippen LogP contribution in [0.1, 0.15) is 17.3 Å². The van der Waals surface area contributed by atoms with Crippen molar-refractivity contribution in [2.45, 2.75) is 13.3 Å². The van der Waals surface area contributed by atoms with E-state index >= 15 is 0 Å². The molecule has 5 nitrogen and oxygen atoms in total. The lowest BCUT2D eigenvalue weighted by molar-refractivity contribution is -0.275. The normalized spacial score (nSPS) is 11.1. The van der Waals surface area contributed by atoms with Crippen LogP contribution in [0.2, 0.25) is 0 Å². The lowest BCUT2D eigenvalue weighted by atomic mass is 10.2. The number of hydrogen-bond acceptors (Lipinski definition) is 5. The average molecular weight is 250 g/mol. The quantitative estimate of drug-likeness (QED) is 0.827. The molecule has 0 fully saturated rings. The summed E-state index contributed by atoms with van der Waals surface area (Å²) in [7, 11) is 0. The molecule has 0 aliphatic carbocycles. The van der Waals surface area contributed by atoms with Crippen molar-refractivity contribution in [1.82, 2.24) is 4.98 Å². The van der Waals surface area contributed by atoms with E-state index < -0.39 is 23.9 Å². The van der Waals surface area contributed by atoms with E-state index in [9.17, 15) is 18.0 Å². The minimum atomic E-state index is -4.92. The van der Waals surface area contributed by atoms with E-state index in [1.54, 1.807) is 6.92 Å². The third-order valence-electron chi connectivity index (χ3n) is 1.66. The number of alkyl halides is 3. The van der Waals surface area contributed by atoms with E-state index in [4.69, 9.17) is 5.73 Å². The molecule has 1 aromatic heterocycles. The predicted octanol–water partition coefficient (Wildman–Crippen LogP) is 1.74. The largest absolute Gasteiger partial charge is 0.574 e. The Morgan fingerprint density at radius 3 is 2.71 bits per heavy atom. The molecule has 94 valence electrons. The molecule has 2 N–H and O–H groups in total. The number of rotatable bonds is 3. The Hall–Kier alpha value is -1.99. The molecule has 0 aliphatic heterocycles. The van der Waals surface area contributed by atoms with Gasteiger partial charge in [0.1, 0.15) is 5.69 Å². The molecule has 0 spiro atoms. The van der Waals surface area contributed by atoms with Gasteiger partial charge in [0.05, 0.1) is 12.2 Å². The first kappa shape index (κ1) is 13.1. The summed E-state index contributed by atoms with van der Waals surface area (Å²) in [6.45, 7) is 1.64. The van der Waals surface area contributed by atoms with Crippen molar-refractivity contribution in [2.75, 3.05) is 12.3 Å². The monoisotopic (exact) mass is 250 g/mol. The minimum Gasteiger partial charge on any atom is -0.462 e. The van der Waals surface area contributed by atoms with E-state index in [1.807, 2.05) is 0 Å². The van der Waals surface area contributed by atoms with Crippen molar-refractivity contribution in [3.63, 3.8) is 0 Å². The molecule has 1 rings (SSSR count). The predicted molar refractivity (Wildman–Crippen MR) is 51.3 cm³/mol. The zero-order valence-electron chi connectivity index (χ0n) is 8.75. The number of aromatic nitrogens is 1. The lowest BCUT2D eigenvalue weighted by Crippen LogP contribution is -2.20. The molecule has 0 aliphatic rings. The fraction of sp³-hybridized carbons (Fsp3) is 0.333. The number of nitrogen functional groups attached to an aromatic ring is 1. The highest BCUT2D eigenvalue weighted by atomic mass is 19.4. The second kappa shape index (κ2) is 4.89. The van der Waals surface area contributed by atoms with Crippen molar-refractivity contribution in [3.8, 4) is 5.88 Å². The minimum absolute atomic E-state index is 0.0794. The smallest absolute Gasteiger partial charge is 0.462 e. The van der Waals surface area contributed by atoms with Gasteiger partial charge in [0.2, 0.25) is 5.88 Å². The summed E-state index contributed by atoms with van der Waals surface area (Å²) < 4.78 is 44.1. The van der Waals surface area contributed by atoms with Gasteiger partial charge in [-0.3, -0.25) is 0 Å². The topological polar surface area (TPSA) is 74.4 Å². The molecule has 0 bridgehead atoms. The molecule has 1 aromatic rings. The van der Waals surface area contributed by atoms with Crippen LogP contribution in [0, 0.1) is 0 Å². The Balaban J connectivity index is 3.03. The lowest BCUT2D eigenvalue weighted by Gasteiger charge is -2.11. The fourth-order valence-corrected chi connectivity index (χ4v) is 1.03. The Bertz CT molecular complexity index is 420. The number of carbonyl (C=O) groups is 1. The van der Waals surface area contributed by atoms with Crippen LogP contribution in [0.15, 0.2) is 12.3 Å². The Morgan fingerprint density at radius 2 is 2.18 bits per heavy atom. The number of nitrogens with two attached hydrogens (primary N) is 1. The number of carbonyl (C=O) groups excluding carboxylic acids is 1. The number of ether oxygens (including phenoxy) is 2. The number of nitrogens with zero attached hydrogens (tertiary/aromatic N) is 1. The summed E-state index contributed by atoms with van der Waals surface area (Å²) in [4.78, 5) is 14.6. The maximum atomic E-state index is 12.0. The molecule has 0 unspecified atom stereocenters. The standard InChI is InChI=1S/C9H9F3N2O3/c1-2-16-8(15)5-3-4-14-7(6(5)13)17-9(10,11)12/h3-4H,2,13H2,1H3. The van der Waals surface area contributed by atoms with Crippen molar-refractivity contribution < 1.29 is 27.4 Å². The maximum absolute atomic E-state index is 12.0. The third-order valence-corrected chi connectivity index (χ3v) is 1.66. The highest BCUT2D eigenvalue weighted by molar-refractivity contribution is 5.96. The van der Waals surface area contributed by atoms with Gasteiger partial charge in [-0.15, -0.1) is 13.2 Å². The molecule has 17 heavy (non-hydrogen) atoms. The van der Waals surface area contributed by atoms with Gasteiger partial charge in [0.15, 0.2) is 0 Å². The Labute approximate surface area is 94.3 Å². The van der Waals surface area contributed by atoms with E-state index in [0.29, 0.717) is 0 Å². The first-order chi connectivity index (χ1) is 7.85. The molecule has 0 radical (unpaired) electrons. The van der Waals surface area contributed by atoms with Crippen molar-refractivity contribution >= 4 is 11.7 Å². The van der Waals surface area contributed by atoms with Gasteiger partial charge >= 0.3 is 12.3 Å². The van der Waals surface area contributed by atoms with Crippen molar-refractivity contribution in [1.29, 1.82) is 0 Å². The number of esters is 1. The van der Waals surface area contributed by atoms with Gasteiger partial charge in [-0.25, -0.2) is 9.78 Å². The van der Waals surface area contributed by atoms with Crippen LogP contribution >= 0.6 is 0 Å². The van der Waals surface area contributed by atoms with Crippen LogP contribution in [-0.4, -0.2) is 23.9 Å². The van der Waals surface area contributed by atoms with Crippen LogP contribution < -0.4 is 10.5 Å². The summed E-state index contributed by atoms with van der Waals surface area (Å²) in [5.41, 5.74) is 4.60. The number of anilines is 1. The van der Waals surface area contributed by atoms with Crippen LogP contribution in [0.3, 0.4) is 0 Å². The van der Waals surface area contributed by atoms with Gasteiger partial charge in [0, 0.05) is 6.20 Å². The first-order valence-electron chi connectivity index (χ1n) is 4.52. The third kappa shape index (κ3) is 3.51. The summed E-state index contributed by atoms with van der Waals surface area (Å²) >= 11 is 0. The molecule has 0 saturated heterocycles. The van der Waals surface area contributed by atoms with Gasteiger partial charge in [0.25, 0.3) is 0 Å². The number of hydrogen-bond donors (Lipinski definition) is 1. The van der Waals surface area contributed by atoms with Crippen LogP contribution in [0.25, 0.3) is 0 Å². The number of halogens is 3. The summed E-state index contributed by atoms with van der Waals surface area (Å²) in [6, 6.07) is 1.15. The Kier molecular flexibility index (Phi) is 3.77.